The third kappa shape index (κ3) is 48.5. The first-order chi connectivity index (χ1) is 64.1. The summed E-state index contributed by atoms with van der Waals surface area (Å²) in [5.41, 5.74) is 0. The van der Waals surface area contributed by atoms with Crippen LogP contribution in [0.5, 0.6) is 0 Å². The Bertz CT molecular complexity index is 3460. The molecule has 4 unspecified atom stereocenters. The summed E-state index contributed by atoms with van der Waals surface area (Å²) in [6, 6.07) is -1.37. The van der Waals surface area contributed by atoms with Crippen LogP contribution in [0.15, 0.2) is 0 Å². The Labute approximate surface area is 934 Å². The Kier molecular flexibility index (Phi) is 59.7. The van der Waals surface area contributed by atoms with Crippen molar-refractivity contribution in [2.45, 2.75) is 12.1 Å². The molecule has 139 heavy (non-hydrogen) atoms. The Morgan fingerprint density at radius 2 is 0.302 bits per heavy atom. The fourth-order valence-electron chi connectivity index (χ4n) is 18.2. The van der Waals surface area contributed by atoms with Crippen LogP contribution in [0.2, 0.25) is 0 Å². The zero-order valence-electron chi connectivity index (χ0n) is 77.9. The van der Waals surface area contributed by atoms with Gasteiger partial charge in [-0.2, -0.15) is 0 Å². The molecule has 8 saturated heterocycles. The molecule has 57 heteroatoms. The number of hydrogen-bond donors (Lipinski definition) is 6. The summed E-state index contributed by atoms with van der Waals surface area (Å²) in [6.45, 7) is -8.89. The molecular formula is C82H130Gd4N23O30+5. The van der Waals surface area contributed by atoms with Crippen molar-refractivity contribution in [1.29, 1.82) is 0 Å². The van der Waals surface area contributed by atoms with E-state index in [1.165, 1.54) is 58.8 Å². The van der Waals surface area contributed by atoms with Gasteiger partial charge in [0.2, 0.25) is 35.4 Å². The smallest absolute Gasteiger partial charge is 0.549 e. The molecule has 8 aliphatic heterocycles. The van der Waals surface area contributed by atoms with Crippen molar-refractivity contribution in [3.8, 4) is 0 Å². The molecule has 780 valence electrons. The number of amides is 6. The number of carboxylic acid groups (broad SMARTS) is 12. The minimum atomic E-state index is -1.44. The Morgan fingerprint density at radius 1 is 0.180 bits per heavy atom. The molecule has 6 amide bonds. The number of carbonyl (C=O) groups excluding carboxylic acids is 13. The number of rotatable bonds is 34. The van der Waals surface area contributed by atoms with Crippen molar-refractivity contribution >= 4 is 107 Å². The molecule has 0 aromatic heterocycles. The maximum absolute atomic E-state index is 15.8. The van der Waals surface area contributed by atoms with Crippen LogP contribution in [-0.2, 0) is 86.3 Å². The number of carboxylic acids is 12. The third-order valence-corrected chi connectivity index (χ3v) is 25.4. The molecule has 8 heterocycles. The summed E-state index contributed by atoms with van der Waals surface area (Å²) < 4.78 is 0. The first-order valence-corrected chi connectivity index (χ1v) is 45.6. The second-order valence-corrected chi connectivity index (χ2v) is 35.8. The second-order valence-electron chi connectivity index (χ2n) is 35.8. The standard InChI is InChI=1S/C82H137N23O30.4Gd/c106-65(45-84-1-9-88(49-69(110)111)17-25-96(57-77(126)127)26-18-89(10-2-84)50-70(112)113)100-33-34-101(66(107)46-85-3-11-90(51-71(114)115)19-27-97(58-78(128)129)28-20-91(12-4-85)52-72(116)117)38-61(37-100)81(134)104-41-63-43-105(44-64(42-104)83-63)82(135)62-39-102(67(108)47-86-5-13-92(53-73(118)119)21-29-98(59-79(130)131)30-22-93(14-6-86)54-74(120)121)35-36-103(40-62)68(109)48-87-7-15-94(55-75(122)123)23-31-99(60-80(132)133)32-24-95(16-8-87)56-76(124)125;;;;/h61-64,83H,1-60H2,(H,110,111)(H,112,113)(H,114,115)(H,116,117)(H,118,119)(H,120,121)(H,122,123)(H,124,125)(H,126,127)(H,128,129)(H,130,131)(H,132,133);;;;/q;4*+3/p-7. The summed E-state index contributed by atoms with van der Waals surface area (Å²) in [6.07, 6.45) is 0. The number of hydrogen-bond acceptors (Lipinski definition) is 42. The van der Waals surface area contributed by atoms with Crippen molar-refractivity contribution in [3.05, 3.63) is 0 Å². The molecule has 4 atom stereocenters. The van der Waals surface area contributed by atoms with Crippen LogP contribution in [0.4, 0.5) is 0 Å². The van der Waals surface area contributed by atoms with E-state index in [-0.39, 0.29) is 474 Å². The number of piperazine rings is 2. The van der Waals surface area contributed by atoms with Crippen LogP contribution in [0.3, 0.4) is 0 Å². The number of carbonyl (C=O) groups is 18. The summed E-state index contributed by atoms with van der Waals surface area (Å²) >= 11 is 0. The third-order valence-electron chi connectivity index (χ3n) is 25.4. The van der Waals surface area contributed by atoms with E-state index in [1.54, 1.807) is 49.0 Å². The van der Waals surface area contributed by atoms with E-state index < -0.39 is 210 Å². The molecule has 6 N–H and O–H groups in total. The van der Waals surface area contributed by atoms with Gasteiger partial charge in [-0.1, -0.05) is 0 Å². The van der Waals surface area contributed by atoms with Crippen molar-refractivity contribution < 1.29 is 307 Å². The molecule has 8 fully saturated rings. The van der Waals surface area contributed by atoms with E-state index in [4.69, 9.17) is 0 Å². The van der Waals surface area contributed by atoms with Crippen LogP contribution in [0.1, 0.15) is 0 Å². The number of nitrogens with one attached hydrogen (secondary N) is 1. The topological polar surface area (TPSA) is 653 Å². The molecule has 0 aromatic rings. The van der Waals surface area contributed by atoms with Crippen molar-refractivity contribution in [2.24, 2.45) is 11.8 Å². The van der Waals surface area contributed by atoms with E-state index in [9.17, 15) is 119 Å². The molecular weight excluding hydrogens is 2420 g/mol. The van der Waals surface area contributed by atoms with Crippen molar-refractivity contribution in [3.63, 3.8) is 0 Å². The van der Waals surface area contributed by atoms with Gasteiger partial charge in [0.15, 0.2) is 0 Å². The van der Waals surface area contributed by atoms with E-state index in [2.05, 4.69) is 5.32 Å². The average molecular weight is 2550 g/mol. The van der Waals surface area contributed by atoms with Gasteiger partial charge in [-0.05, 0) is 0 Å². The maximum Gasteiger partial charge on any atom is 3.00 e. The summed E-state index contributed by atoms with van der Waals surface area (Å²) in [7, 11) is 0. The van der Waals surface area contributed by atoms with Gasteiger partial charge < -0.3 is 130 Å². The van der Waals surface area contributed by atoms with Crippen molar-refractivity contribution in [1.82, 2.24) is 113 Å². The van der Waals surface area contributed by atoms with E-state index >= 15 is 28.8 Å². The molecule has 2 bridgehead atoms. The van der Waals surface area contributed by atoms with Gasteiger partial charge in [0.05, 0.1) is 113 Å². The second kappa shape index (κ2) is 65.6. The van der Waals surface area contributed by atoms with E-state index in [1.807, 2.05) is 0 Å². The molecule has 4 radical (unpaired) electrons. The fraction of sp³-hybridized carbons (Fsp3) is 0.780. The molecule has 8 aliphatic rings. The van der Waals surface area contributed by atoms with Crippen LogP contribution in [-0.4, -0.2) is 645 Å². The first kappa shape index (κ1) is 126. The van der Waals surface area contributed by atoms with E-state index in [0.29, 0.717) is 0 Å². The maximum atomic E-state index is 15.8. The molecule has 0 saturated carbocycles. The molecule has 0 spiro atoms. The Balaban J connectivity index is 0.0000101. The van der Waals surface area contributed by atoms with Gasteiger partial charge >= 0.3 is 190 Å². The molecule has 0 aromatic carbocycles. The normalized spacial score (nSPS) is 22.8. The minimum Gasteiger partial charge on any atom is -0.549 e. The summed E-state index contributed by atoms with van der Waals surface area (Å²) in [4.78, 5) is 271. The quantitative estimate of drug-likeness (QED) is 0.0348. The van der Waals surface area contributed by atoms with Crippen LogP contribution in [0.25, 0.3) is 0 Å². The number of nitrogens with zero attached hydrogens (tertiary/aromatic N) is 22. The van der Waals surface area contributed by atoms with Crippen LogP contribution >= 0.6 is 0 Å². The zero-order valence-corrected chi connectivity index (χ0v) is 87.0. The predicted octanol–water partition coefficient (Wildman–Crippen LogP) is -21.9. The van der Waals surface area contributed by atoms with Crippen LogP contribution in [0, 0.1) is 172 Å². The number of fused-ring (bicyclic) bond motifs is 2. The Hall–Kier alpha value is -4.92. The molecule has 53 nitrogen and oxygen atoms in total. The zero-order chi connectivity index (χ0) is 98.5. The van der Waals surface area contributed by atoms with E-state index in [0.717, 1.165) is 0 Å². The van der Waals surface area contributed by atoms with Gasteiger partial charge in [0.25, 0.3) is 0 Å². The molecule has 0 aliphatic carbocycles. The minimum absolute atomic E-state index is 0. The number of aliphatic carboxylic acids is 12. The van der Waals surface area contributed by atoms with Crippen LogP contribution < -0.4 is 41.1 Å². The van der Waals surface area contributed by atoms with Crippen molar-refractivity contribution in [2.75, 3.05) is 393 Å². The fourth-order valence-corrected chi connectivity index (χ4v) is 18.2. The predicted molar refractivity (Wildman–Crippen MR) is 453 cm³/mol. The van der Waals surface area contributed by atoms with Gasteiger partial charge in [-0.3, -0.25) is 131 Å². The SMILES string of the molecule is O=C([O-])CN1CCN(CC(=O)[O-])CCN(CC(=O)N2CCN(C(=O)CN3CCN(CC(=O)[O-])CCN(CC(=O)O)CCN(CC(=O)[O-])CC3)CC(C(=O)N3CC4CN(C(=O)C5CN(C(=O)CN6CCN(CC(=O)[O-])CCN(CC(=O)[O-])CCN(CC(=O)O)CC6)CCN(C(=O)CN6CCN(CC(=O)[O-])CCN(CC(=O)O)CCN(CC(=O)O)CC6)C5)CC(C3)N4)C2)CCN(CC(=O)O)CC1.[Gd+3].[Gd+3].[Gd+3].[Gd+3]. The Morgan fingerprint density at radius 3 is 0.424 bits per heavy atom. The first-order valence-electron chi connectivity index (χ1n) is 45.6. The van der Waals surface area contributed by atoms with Gasteiger partial charge in [-0.25, -0.2) is 0 Å². The van der Waals surface area contributed by atoms with Gasteiger partial charge in [-0.15, -0.1) is 0 Å². The van der Waals surface area contributed by atoms with Gasteiger partial charge in [0.1, 0.15) is 0 Å². The van der Waals surface area contributed by atoms with Gasteiger partial charge in [0, 0.05) is 346 Å². The summed E-state index contributed by atoms with van der Waals surface area (Å²) in [5, 5.41) is 137. The summed E-state index contributed by atoms with van der Waals surface area (Å²) in [5.74, 6) is -21.6. The largest absolute Gasteiger partial charge is 3.00 e. The average Bonchev–Trinajstić information content (AvgIpc) is 1.73. The monoisotopic (exact) mass is 2550 g/mol. The molecule has 8 rings (SSSR count).